The third-order valence-electron chi connectivity index (χ3n) is 7.12. The summed E-state index contributed by atoms with van der Waals surface area (Å²) in [5.74, 6) is 1.46. The van der Waals surface area contributed by atoms with Crippen LogP contribution in [0, 0.1) is 23.2 Å². The molecule has 0 unspecified atom stereocenters. The van der Waals surface area contributed by atoms with Crippen LogP contribution in [-0.4, -0.2) is 39.2 Å². The highest BCUT2D eigenvalue weighted by atomic mass is 32.2. The SMILES string of the molecule is C[C@H](NC(=O)COC(=O)c1cccc(NS(C)(=O)=O)c1)C12CC3CC(CC(C3)C1)C2. The van der Waals surface area contributed by atoms with Crippen LogP contribution in [0.4, 0.5) is 5.69 Å². The minimum Gasteiger partial charge on any atom is -0.452 e. The number of anilines is 1. The third-order valence-corrected chi connectivity index (χ3v) is 7.72. The summed E-state index contributed by atoms with van der Waals surface area (Å²) in [6, 6.07) is 6.07. The van der Waals surface area contributed by atoms with Gasteiger partial charge in [-0.15, -0.1) is 0 Å². The van der Waals surface area contributed by atoms with E-state index >= 15 is 0 Å². The lowest BCUT2D eigenvalue weighted by Gasteiger charge is -2.59. The number of hydrogen-bond acceptors (Lipinski definition) is 5. The molecule has 4 aliphatic rings. The summed E-state index contributed by atoms with van der Waals surface area (Å²) in [5, 5.41) is 3.08. The second kappa shape index (κ2) is 7.87. The Labute approximate surface area is 178 Å². The molecule has 4 bridgehead atoms. The van der Waals surface area contributed by atoms with E-state index in [-0.39, 0.29) is 35.2 Å². The van der Waals surface area contributed by atoms with Crippen LogP contribution in [0.2, 0.25) is 0 Å². The van der Waals surface area contributed by atoms with E-state index in [0.29, 0.717) is 0 Å². The molecule has 4 aliphatic carbocycles. The van der Waals surface area contributed by atoms with Gasteiger partial charge in [-0.2, -0.15) is 0 Å². The molecule has 0 saturated heterocycles. The molecule has 4 fully saturated rings. The number of carbonyl (C=O) groups excluding carboxylic acids is 2. The molecule has 0 spiro atoms. The molecule has 0 heterocycles. The first-order valence-corrected chi connectivity index (χ1v) is 12.6. The molecule has 1 atom stereocenters. The Morgan fingerprint density at radius 3 is 2.30 bits per heavy atom. The van der Waals surface area contributed by atoms with Gasteiger partial charge in [0.2, 0.25) is 10.0 Å². The van der Waals surface area contributed by atoms with E-state index in [9.17, 15) is 18.0 Å². The van der Waals surface area contributed by atoms with E-state index in [0.717, 1.165) is 24.0 Å². The number of nitrogens with one attached hydrogen (secondary N) is 2. The molecule has 4 saturated carbocycles. The fourth-order valence-corrected chi connectivity index (χ4v) is 6.84. The van der Waals surface area contributed by atoms with Crippen molar-refractivity contribution in [3.63, 3.8) is 0 Å². The van der Waals surface area contributed by atoms with Crippen molar-refractivity contribution in [2.75, 3.05) is 17.6 Å². The van der Waals surface area contributed by atoms with Crippen molar-refractivity contribution < 1.29 is 22.7 Å². The third kappa shape index (κ3) is 4.63. The summed E-state index contributed by atoms with van der Waals surface area (Å²) < 4.78 is 30.2. The van der Waals surface area contributed by atoms with Crippen molar-refractivity contribution in [3.8, 4) is 0 Å². The van der Waals surface area contributed by atoms with Gasteiger partial charge in [-0.05, 0) is 86.8 Å². The first kappa shape index (κ1) is 21.2. The van der Waals surface area contributed by atoms with Gasteiger partial charge in [0, 0.05) is 11.7 Å². The van der Waals surface area contributed by atoms with Gasteiger partial charge in [0.25, 0.3) is 5.91 Å². The number of amides is 1. The summed E-state index contributed by atoms with van der Waals surface area (Å²) in [5.41, 5.74) is 0.650. The normalized spacial score (nSPS) is 30.5. The molecule has 7 nitrogen and oxygen atoms in total. The van der Waals surface area contributed by atoms with E-state index in [1.54, 1.807) is 6.07 Å². The fourth-order valence-electron chi connectivity index (χ4n) is 6.28. The average Bonchev–Trinajstić information content (AvgIpc) is 2.64. The van der Waals surface area contributed by atoms with E-state index in [1.807, 2.05) is 0 Å². The maximum atomic E-state index is 12.5. The Balaban J connectivity index is 1.31. The molecular weight excluding hydrogens is 404 g/mol. The molecule has 30 heavy (non-hydrogen) atoms. The predicted molar refractivity (Wildman–Crippen MR) is 113 cm³/mol. The van der Waals surface area contributed by atoms with Gasteiger partial charge < -0.3 is 10.1 Å². The van der Waals surface area contributed by atoms with Crippen molar-refractivity contribution >= 4 is 27.6 Å². The summed E-state index contributed by atoms with van der Waals surface area (Å²) in [7, 11) is -3.44. The zero-order chi connectivity index (χ0) is 21.5. The van der Waals surface area contributed by atoms with Crippen LogP contribution in [0.15, 0.2) is 24.3 Å². The Morgan fingerprint density at radius 2 is 1.73 bits per heavy atom. The zero-order valence-electron chi connectivity index (χ0n) is 17.5. The van der Waals surface area contributed by atoms with E-state index in [2.05, 4.69) is 17.0 Å². The Morgan fingerprint density at radius 1 is 1.13 bits per heavy atom. The highest BCUT2D eigenvalue weighted by Gasteiger charge is 2.53. The van der Waals surface area contributed by atoms with Gasteiger partial charge in [0.15, 0.2) is 6.61 Å². The van der Waals surface area contributed by atoms with E-state index in [4.69, 9.17) is 4.74 Å². The average molecular weight is 435 g/mol. The maximum Gasteiger partial charge on any atom is 0.338 e. The minimum absolute atomic E-state index is 0.0689. The number of ether oxygens (including phenoxy) is 1. The largest absolute Gasteiger partial charge is 0.452 e. The number of esters is 1. The summed E-state index contributed by atoms with van der Waals surface area (Å²) in [6.45, 7) is 1.74. The van der Waals surface area contributed by atoms with E-state index in [1.165, 1.54) is 56.7 Å². The van der Waals surface area contributed by atoms with Gasteiger partial charge in [-0.1, -0.05) is 6.07 Å². The molecule has 1 aromatic rings. The number of rotatable bonds is 7. The van der Waals surface area contributed by atoms with Crippen molar-refractivity contribution in [3.05, 3.63) is 29.8 Å². The van der Waals surface area contributed by atoms with Crippen LogP contribution < -0.4 is 10.0 Å². The Hall–Kier alpha value is -2.09. The van der Waals surface area contributed by atoms with Gasteiger partial charge in [0.05, 0.1) is 11.8 Å². The quantitative estimate of drug-likeness (QED) is 0.643. The van der Waals surface area contributed by atoms with Crippen molar-refractivity contribution in [2.45, 2.75) is 51.5 Å². The second-order valence-electron chi connectivity index (χ2n) is 9.60. The number of benzene rings is 1. The number of carbonyl (C=O) groups is 2. The highest BCUT2D eigenvalue weighted by molar-refractivity contribution is 7.92. The summed E-state index contributed by atoms with van der Waals surface area (Å²) in [4.78, 5) is 24.8. The van der Waals surface area contributed by atoms with Gasteiger partial charge >= 0.3 is 5.97 Å². The predicted octanol–water partition coefficient (Wildman–Crippen LogP) is 2.94. The van der Waals surface area contributed by atoms with Crippen LogP contribution in [0.1, 0.15) is 55.8 Å². The molecule has 0 aromatic heterocycles. The van der Waals surface area contributed by atoms with Crippen LogP contribution >= 0.6 is 0 Å². The first-order chi connectivity index (χ1) is 14.1. The molecule has 1 amide bonds. The molecule has 1 aromatic carbocycles. The standard InChI is InChI=1S/C22H30N2O5S/c1-14(22-10-15-6-16(11-22)8-17(7-15)12-22)23-20(25)13-29-21(26)18-4-3-5-19(9-18)24-30(2,27)28/h3-5,9,14-17,24H,6-8,10-13H2,1-2H3,(H,23,25)/t14-,15?,16?,17?,22?/m0/s1. The van der Waals surface area contributed by atoms with E-state index < -0.39 is 16.0 Å². The number of hydrogen-bond donors (Lipinski definition) is 2. The van der Waals surface area contributed by atoms with Crippen LogP contribution in [0.25, 0.3) is 0 Å². The lowest BCUT2D eigenvalue weighted by atomic mass is 9.48. The minimum atomic E-state index is -3.44. The van der Waals surface area contributed by atoms with Gasteiger partial charge in [0.1, 0.15) is 0 Å². The molecule has 164 valence electrons. The highest BCUT2D eigenvalue weighted by Crippen LogP contribution is 2.61. The smallest absolute Gasteiger partial charge is 0.338 e. The second-order valence-corrected chi connectivity index (χ2v) is 11.3. The van der Waals surface area contributed by atoms with Crippen molar-refractivity contribution in [1.82, 2.24) is 5.32 Å². The fraction of sp³-hybridized carbons (Fsp3) is 0.636. The Bertz CT molecular complexity index is 907. The molecule has 0 aliphatic heterocycles. The van der Waals surface area contributed by atoms with Crippen molar-refractivity contribution in [2.24, 2.45) is 23.2 Å². The Kier molecular flexibility index (Phi) is 5.55. The van der Waals surface area contributed by atoms with Crippen molar-refractivity contribution in [1.29, 1.82) is 0 Å². The molecule has 8 heteroatoms. The van der Waals surface area contributed by atoms with Crippen LogP contribution in [0.3, 0.4) is 0 Å². The summed E-state index contributed by atoms with van der Waals surface area (Å²) in [6.07, 6.45) is 8.68. The maximum absolute atomic E-state index is 12.5. The van der Waals surface area contributed by atoms with Crippen LogP contribution in [0.5, 0.6) is 0 Å². The lowest BCUT2D eigenvalue weighted by molar-refractivity contribution is -0.128. The molecule has 0 radical (unpaired) electrons. The molecular formula is C22H30N2O5S. The lowest BCUT2D eigenvalue weighted by Crippen LogP contribution is -2.56. The molecule has 2 N–H and O–H groups in total. The van der Waals surface area contributed by atoms with Gasteiger partial charge in [-0.25, -0.2) is 13.2 Å². The van der Waals surface area contributed by atoms with Crippen LogP contribution in [-0.2, 0) is 19.6 Å². The monoisotopic (exact) mass is 434 g/mol. The summed E-state index contributed by atoms with van der Waals surface area (Å²) >= 11 is 0. The first-order valence-electron chi connectivity index (χ1n) is 10.7. The molecule has 5 rings (SSSR count). The van der Waals surface area contributed by atoms with Gasteiger partial charge in [-0.3, -0.25) is 9.52 Å². The topological polar surface area (TPSA) is 102 Å². The zero-order valence-corrected chi connectivity index (χ0v) is 18.3. The number of sulfonamides is 1.